The molecule has 2 aromatic carbocycles. The van der Waals surface area contributed by atoms with Crippen LogP contribution in [0.3, 0.4) is 0 Å². The van der Waals surface area contributed by atoms with Gasteiger partial charge in [-0.25, -0.2) is 0 Å². The second-order valence-electron chi connectivity index (χ2n) is 5.68. The molecule has 1 heterocycles. The minimum atomic E-state index is -0.819. The number of nitrogens with two attached hydrogens (primary N) is 1. The minimum absolute atomic E-state index is 0.291. The van der Waals surface area contributed by atoms with Gasteiger partial charge in [0, 0.05) is 23.0 Å². The number of benzene rings is 2. The fraction of sp³-hybridized carbons (Fsp3) is 0.105. The molecular weight excluding hydrogens is 338 g/mol. The van der Waals surface area contributed by atoms with Gasteiger partial charge in [0.2, 0.25) is 5.91 Å². The summed E-state index contributed by atoms with van der Waals surface area (Å²) in [6, 6.07) is 15.4. The average molecular weight is 354 g/mol. The van der Waals surface area contributed by atoms with Crippen molar-refractivity contribution in [3.8, 4) is 0 Å². The molecule has 5 nitrogen and oxygen atoms in total. The van der Waals surface area contributed by atoms with Gasteiger partial charge in [0.15, 0.2) is 0 Å². The van der Waals surface area contributed by atoms with Gasteiger partial charge in [-0.05, 0) is 29.8 Å². The predicted octanol–water partition coefficient (Wildman–Crippen LogP) is 2.71. The number of carbonyl (C=O) groups excluding carboxylic acids is 2. The van der Waals surface area contributed by atoms with Gasteiger partial charge in [0.05, 0.1) is 11.1 Å². The van der Waals surface area contributed by atoms with Crippen molar-refractivity contribution in [2.45, 2.75) is 12.5 Å². The fourth-order valence-corrected chi connectivity index (χ4v) is 2.64. The molecule has 0 spiro atoms. The monoisotopic (exact) mass is 353 g/mol. The summed E-state index contributed by atoms with van der Waals surface area (Å²) >= 11 is 5.85. The first kappa shape index (κ1) is 16.9. The molecule has 2 amide bonds. The van der Waals surface area contributed by atoms with E-state index in [1.165, 1.54) is 6.20 Å². The Morgan fingerprint density at radius 3 is 2.56 bits per heavy atom. The normalized spacial score (nSPS) is 11.9. The number of fused-ring (bicyclic) bond motifs is 1. The molecule has 3 N–H and O–H groups in total. The summed E-state index contributed by atoms with van der Waals surface area (Å²) in [5.74, 6) is -0.993. The van der Waals surface area contributed by atoms with Crippen molar-refractivity contribution in [3.63, 3.8) is 0 Å². The number of para-hydroxylation sites is 1. The zero-order valence-electron chi connectivity index (χ0n) is 13.3. The highest BCUT2D eigenvalue weighted by Crippen LogP contribution is 2.14. The zero-order valence-corrected chi connectivity index (χ0v) is 14.0. The van der Waals surface area contributed by atoms with Crippen LogP contribution in [0.15, 0.2) is 60.8 Å². The van der Waals surface area contributed by atoms with Crippen molar-refractivity contribution >= 4 is 34.3 Å². The number of pyridine rings is 1. The Labute approximate surface area is 149 Å². The Kier molecular flexibility index (Phi) is 4.95. The maximum absolute atomic E-state index is 12.5. The highest BCUT2D eigenvalue weighted by Gasteiger charge is 2.20. The third kappa shape index (κ3) is 4.14. The highest BCUT2D eigenvalue weighted by atomic mass is 35.5. The Bertz CT molecular complexity index is 925. The molecule has 0 saturated heterocycles. The Morgan fingerprint density at radius 1 is 1.12 bits per heavy atom. The van der Waals surface area contributed by atoms with Crippen LogP contribution in [0, 0.1) is 0 Å². The number of nitrogens with one attached hydrogen (secondary N) is 1. The number of hydrogen-bond donors (Lipinski definition) is 2. The number of nitrogens with zero attached hydrogens (tertiary/aromatic N) is 1. The molecule has 0 saturated carbocycles. The van der Waals surface area contributed by atoms with E-state index in [1.54, 1.807) is 30.3 Å². The van der Waals surface area contributed by atoms with Crippen molar-refractivity contribution in [3.05, 3.63) is 76.9 Å². The molecule has 3 aromatic rings. The summed E-state index contributed by atoms with van der Waals surface area (Å²) in [4.78, 5) is 28.4. The van der Waals surface area contributed by atoms with Gasteiger partial charge < -0.3 is 11.1 Å². The van der Waals surface area contributed by atoms with E-state index in [4.69, 9.17) is 17.3 Å². The Hall–Kier alpha value is -2.92. The predicted molar refractivity (Wildman–Crippen MR) is 97.3 cm³/mol. The number of carbonyl (C=O) groups is 2. The molecule has 3 rings (SSSR count). The van der Waals surface area contributed by atoms with E-state index in [9.17, 15) is 9.59 Å². The van der Waals surface area contributed by atoms with Crippen molar-refractivity contribution in [2.24, 2.45) is 5.73 Å². The largest absolute Gasteiger partial charge is 0.368 e. The maximum Gasteiger partial charge on any atom is 0.253 e. The fourth-order valence-electron chi connectivity index (χ4n) is 2.52. The van der Waals surface area contributed by atoms with Crippen LogP contribution in [0.2, 0.25) is 5.02 Å². The van der Waals surface area contributed by atoms with Gasteiger partial charge >= 0.3 is 0 Å². The lowest BCUT2D eigenvalue weighted by molar-refractivity contribution is -0.119. The van der Waals surface area contributed by atoms with Crippen LogP contribution in [-0.2, 0) is 11.2 Å². The highest BCUT2D eigenvalue weighted by molar-refractivity contribution is 6.30. The van der Waals surface area contributed by atoms with Crippen LogP contribution in [-0.4, -0.2) is 22.8 Å². The van der Waals surface area contributed by atoms with E-state index < -0.39 is 17.9 Å². The lowest BCUT2D eigenvalue weighted by Crippen LogP contribution is -2.45. The standard InChI is InChI=1S/C19H16ClN3O2/c20-15-7-5-12(6-8-15)9-17(18(21)24)23-19(25)14-10-13-3-1-2-4-16(13)22-11-14/h1-8,10-11,17H,9H2,(H2,21,24)(H,23,25)/t17-/m1/s1. The summed E-state index contributed by atoms with van der Waals surface area (Å²) in [7, 11) is 0. The van der Waals surface area contributed by atoms with Gasteiger partial charge in [-0.2, -0.15) is 0 Å². The maximum atomic E-state index is 12.5. The Morgan fingerprint density at radius 2 is 1.84 bits per heavy atom. The topological polar surface area (TPSA) is 85.1 Å². The van der Waals surface area contributed by atoms with E-state index in [0.29, 0.717) is 17.0 Å². The van der Waals surface area contributed by atoms with Crippen LogP contribution in [0.25, 0.3) is 10.9 Å². The van der Waals surface area contributed by atoms with Gasteiger partial charge in [0.1, 0.15) is 6.04 Å². The molecule has 0 aliphatic carbocycles. The van der Waals surface area contributed by atoms with Gasteiger partial charge in [-0.15, -0.1) is 0 Å². The van der Waals surface area contributed by atoms with Crippen molar-refractivity contribution in [1.82, 2.24) is 10.3 Å². The molecule has 0 fully saturated rings. The van der Waals surface area contributed by atoms with E-state index in [1.807, 2.05) is 24.3 Å². The molecule has 1 aromatic heterocycles. The van der Waals surface area contributed by atoms with Gasteiger partial charge in [-0.1, -0.05) is 41.9 Å². The first-order valence-electron chi connectivity index (χ1n) is 7.72. The van der Waals surface area contributed by atoms with E-state index in [-0.39, 0.29) is 0 Å². The van der Waals surface area contributed by atoms with Gasteiger partial charge in [0.25, 0.3) is 5.91 Å². The summed E-state index contributed by atoms with van der Waals surface area (Å²) in [6.07, 6.45) is 1.78. The van der Waals surface area contributed by atoms with E-state index in [2.05, 4.69) is 10.3 Å². The quantitative estimate of drug-likeness (QED) is 0.739. The number of halogens is 1. The molecule has 0 bridgehead atoms. The third-order valence-electron chi connectivity index (χ3n) is 3.85. The zero-order chi connectivity index (χ0) is 17.8. The van der Waals surface area contributed by atoms with Crippen molar-refractivity contribution in [2.75, 3.05) is 0 Å². The first-order valence-corrected chi connectivity index (χ1v) is 8.10. The second kappa shape index (κ2) is 7.32. The summed E-state index contributed by atoms with van der Waals surface area (Å²) in [5.41, 5.74) is 7.46. The molecular formula is C19H16ClN3O2. The van der Waals surface area contributed by atoms with E-state index in [0.717, 1.165) is 16.5 Å². The van der Waals surface area contributed by atoms with E-state index >= 15 is 0 Å². The number of hydrogen-bond acceptors (Lipinski definition) is 3. The van der Waals surface area contributed by atoms with Crippen LogP contribution in [0.4, 0.5) is 0 Å². The third-order valence-corrected chi connectivity index (χ3v) is 4.11. The number of aromatic nitrogens is 1. The smallest absolute Gasteiger partial charge is 0.253 e. The lowest BCUT2D eigenvalue weighted by atomic mass is 10.0. The average Bonchev–Trinajstić information content (AvgIpc) is 2.62. The molecule has 0 aliphatic rings. The molecule has 0 aliphatic heterocycles. The van der Waals surface area contributed by atoms with Crippen LogP contribution in [0.1, 0.15) is 15.9 Å². The summed E-state index contributed by atoms with van der Waals surface area (Å²) in [6.45, 7) is 0. The summed E-state index contributed by atoms with van der Waals surface area (Å²) < 4.78 is 0. The van der Waals surface area contributed by atoms with Crippen LogP contribution in [0.5, 0.6) is 0 Å². The number of primary amides is 1. The van der Waals surface area contributed by atoms with Crippen molar-refractivity contribution in [1.29, 1.82) is 0 Å². The molecule has 6 heteroatoms. The summed E-state index contributed by atoms with van der Waals surface area (Å²) in [5, 5.41) is 4.13. The number of rotatable bonds is 5. The molecule has 0 unspecified atom stereocenters. The van der Waals surface area contributed by atoms with Gasteiger partial charge in [-0.3, -0.25) is 14.6 Å². The molecule has 1 atom stereocenters. The second-order valence-corrected chi connectivity index (χ2v) is 6.11. The first-order chi connectivity index (χ1) is 12.0. The molecule has 25 heavy (non-hydrogen) atoms. The Balaban J connectivity index is 1.77. The minimum Gasteiger partial charge on any atom is -0.368 e. The van der Waals surface area contributed by atoms with Crippen LogP contribution >= 0.6 is 11.6 Å². The number of amides is 2. The van der Waals surface area contributed by atoms with Crippen LogP contribution < -0.4 is 11.1 Å². The SMILES string of the molecule is NC(=O)[C@@H](Cc1ccc(Cl)cc1)NC(=O)c1cnc2ccccc2c1. The molecule has 126 valence electrons. The molecule has 0 radical (unpaired) electrons. The van der Waals surface area contributed by atoms with Crippen molar-refractivity contribution < 1.29 is 9.59 Å². The lowest BCUT2D eigenvalue weighted by Gasteiger charge is -2.16.